The molecule has 70 valence electrons. The summed E-state index contributed by atoms with van der Waals surface area (Å²) in [5.74, 6) is 0.995. The Morgan fingerprint density at radius 1 is 1.46 bits per heavy atom. The van der Waals surface area contributed by atoms with Gasteiger partial charge in [0, 0.05) is 6.42 Å². The minimum atomic E-state index is 0.298. The number of hydrogen-bond acceptors (Lipinski definition) is 1. The number of carbonyl (C=O) groups excluding carboxylic acids is 1. The van der Waals surface area contributed by atoms with Crippen LogP contribution in [0.5, 0.6) is 0 Å². The van der Waals surface area contributed by atoms with E-state index in [1.807, 2.05) is 0 Å². The Labute approximate surface area is 79.5 Å². The van der Waals surface area contributed by atoms with Gasteiger partial charge in [-0.3, -0.25) is 4.79 Å². The second-order valence-electron chi connectivity index (χ2n) is 4.35. The van der Waals surface area contributed by atoms with Crippen LogP contribution in [0.25, 0.3) is 0 Å². The molecule has 2 atom stereocenters. The van der Waals surface area contributed by atoms with Crippen molar-refractivity contribution in [3.05, 3.63) is 24.3 Å². The van der Waals surface area contributed by atoms with Gasteiger partial charge in [-0.2, -0.15) is 0 Å². The Hall–Kier alpha value is -0.850. The number of ketones is 1. The zero-order valence-electron chi connectivity index (χ0n) is 8.12. The first kappa shape index (κ1) is 8.74. The van der Waals surface area contributed by atoms with Gasteiger partial charge in [0.2, 0.25) is 0 Å². The van der Waals surface area contributed by atoms with Crippen molar-refractivity contribution < 1.29 is 4.79 Å². The van der Waals surface area contributed by atoms with Gasteiger partial charge in [-0.15, -0.1) is 0 Å². The molecule has 2 aliphatic carbocycles. The van der Waals surface area contributed by atoms with E-state index in [4.69, 9.17) is 0 Å². The monoisotopic (exact) mass is 176 g/mol. The third-order valence-corrected chi connectivity index (χ3v) is 3.57. The highest BCUT2D eigenvalue weighted by atomic mass is 16.1. The summed E-state index contributed by atoms with van der Waals surface area (Å²) in [7, 11) is 0. The molecule has 0 saturated carbocycles. The predicted octanol–water partition coefficient (Wildman–Crippen LogP) is 2.88. The molecule has 13 heavy (non-hydrogen) atoms. The largest absolute Gasteiger partial charge is 0.295 e. The standard InChI is InChI=1S/C12H16O/c1-10-4-2-3-7-12(10)8-5-11(13)6-9-12/h2-3,5,8,10H,4,6-7,9H2,1H3. The summed E-state index contributed by atoms with van der Waals surface area (Å²) in [6.45, 7) is 2.30. The van der Waals surface area contributed by atoms with Crippen molar-refractivity contribution >= 4 is 5.78 Å². The molecule has 1 spiro atoms. The minimum absolute atomic E-state index is 0.298. The maximum atomic E-state index is 11.1. The second-order valence-corrected chi connectivity index (χ2v) is 4.35. The van der Waals surface area contributed by atoms with E-state index in [0.717, 1.165) is 19.3 Å². The van der Waals surface area contributed by atoms with Crippen molar-refractivity contribution in [3.63, 3.8) is 0 Å². The highest BCUT2D eigenvalue weighted by Crippen LogP contribution is 2.44. The number of rotatable bonds is 0. The van der Waals surface area contributed by atoms with Crippen LogP contribution in [0.4, 0.5) is 0 Å². The van der Waals surface area contributed by atoms with Gasteiger partial charge in [0.1, 0.15) is 0 Å². The Balaban J connectivity index is 2.24. The Kier molecular flexibility index (Phi) is 2.10. The molecule has 0 bridgehead atoms. The van der Waals surface area contributed by atoms with Crippen molar-refractivity contribution in [3.8, 4) is 0 Å². The summed E-state index contributed by atoms with van der Waals surface area (Å²) in [5, 5.41) is 0. The molecule has 0 radical (unpaired) electrons. The first-order chi connectivity index (χ1) is 6.23. The van der Waals surface area contributed by atoms with Crippen molar-refractivity contribution in [2.75, 3.05) is 0 Å². The van der Waals surface area contributed by atoms with E-state index in [-0.39, 0.29) is 0 Å². The molecule has 0 fully saturated rings. The van der Waals surface area contributed by atoms with Gasteiger partial charge in [0.25, 0.3) is 0 Å². The lowest BCUT2D eigenvalue weighted by molar-refractivity contribution is -0.115. The maximum absolute atomic E-state index is 11.1. The van der Waals surface area contributed by atoms with Crippen LogP contribution in [0.3, 0.4) is 0 Å². The average molecular weight is 176 g/mol. The summed E-state index contributed by atoms with van der Waals surface area (Å²) in [6, 6.07) is 0. The zero-order chi connectivity index (χ0) is 9.31. The van der Waals surface area contributed by atoms with Crippen LogP contribution in [0.1, 0.15) is 32.6 Å². The fourth-order valence-electron chi connectivity index (χ4n) is 2.40. The van der Waals surface area contributed by atoms with Gasteiger partial charge in [-0.1, -0.05) is 25.2 Å². The van der Waals surface area contributed by atoms with Crippen LogP contribution in [0, 0.1) is 11.3 Å². The van der Waals surface area contributed by atoms with Crippen LogP contribution in [-0.4, -0.2) is 5.78 Å². The third kappa shape index (κ3) is 1.48. The van der Waals surface area contributed by atoms with Gasteiger partial charge in [-0.05, 0) is 36.7 Å². The molecule has 0 amide bonds. The SMILES string of the molecule is CC1CC=CCC12C=CC(=O)CC2. The lowest BCUT2D eigenvalue weighted by atomic mass is 9.65. The normalized spacial score (nSPS) is 38.5. The minimum Gasteiger partial charge on any atom is -0.295 e. The van der Waals surface area contributed by atoms with E-state index in [9.17, 15) is 4.79 Å². The highest BCUT2D eigenvalue weighted by molar-refractivity contribution is 5.90. The van der Waals surface area contributed by atoms with Crippen molar-refractivity contribution in [1.82, 2.24) is 0 Å². The zero-order valence-corrected chi connectivity index (χ0v) is 8.12. The molecule has 0 N–H and O–H groups in total. The summed E-state index contributed by atoms with van der Waals surface area (Å²) in [6.07, 6.45) is 12.6. The molecule has 0 aliphatic heterocycles. The first-order valence-corrected chi connectivity index (χ1v) is 5.10. The Morgan fingerprint density at radius 3 is 2.92 bits per heavy atom. The molecule has 0 heterocycles. The van der Waals surface area contributed by atoms with Crippen LogP contribution < -0.4 is 0 Å². The first-order valence-electron chi connectivity index (χ1n) is 5.10. The lowest BCUT2D eigenvalue weighted by Crippen LogP contribution is -2.31. The van der Waals surface area contributed by atoms with E-state index in [1.54, 1.807) is 6.08 Å². The molecular formula is C12H16O. The summed E-state index contributed by atoms with van der Waals surface area (Å²) in [4.78, 5) is 11.1. The Bertz CT molecular complexity index is 275. The number of allylic oxidation sites excluding steroid dienone is 4. The molecule has 2 rings (SSSR count). The van der Waals surface area contributed by atoms with Gasteiger partial charge < -0.3 is 0 Å². The number of carbonyl (C=O) groups is 1. The van der Waals surface area contributed by atoms with Crippen LogP contribution >= 0.6 is 0 Å². The van der Waals surface area contributed by atoms with E-state index in [1.165, 1.54) is 6.42 Å². The summed E-state index contributed by atoms with van der Waals surface area (Å²) in [5.41, 5.74) is 0.308. The summed E-state index contributed by atoms with van der Waals surface area (Å²) < 4.78 is 0. The molecule has 1 heteroatoms. The van der Waals surface area contributed by atoms with Crippen LogP contribution in [0.2, 0.25) is 0 Å². The second kappa shape index (κ2) is 3.13. The molecule has 2 aliphatic rings. The van der Waals surface area contributed by atoms with Gasteiger partial charge >= 0.3 is 0 Å². The van der Waals surface area contributed by atoms with Crippen LogP contribution in [-0.2, 0) is 4.79 Å². The fraction of sp³-hybridized carbons (Fsp3) is 0.583. The smallest absolute Gasteiger partial charge is 0.155 e. The molecule has 0 aromatic heterocycles. The highest BCUT2D eigenvalue weighted by Gasteiger charge is 2.35. The van der Waals surface area contributed by atoms with E-state index >= 15 is 0 Å². The molecular weight excluding hydrogens is 160 g/mol. The summed E-state index contributed by atoms with van der Waals surface area (Å²) >= 11 is 0. The molecule has 1 nitrogen and oxygen atoms in total. The van der Waals surface area contributed by atoms with Crippen molar-refractivity contribution in [2.24, 2.45) is 11.3 Å². The predicted molar refractivity (Wildman–Crippen MR) is 53.4 cm³/mol. The van der Waals surface area contributed by atoms with E-state index < -0.39 is 0 Å². The quantitative estimate of drug-likeness (QED) is 0.519. The van der Waals surface area contributed by atoms with Gasteiger partial charge in [0.15, 0.2) is 5.78 Å². The molecule has 2 unspecified atom stereocenters. The molecule has 0 aromatic carbocycles. The fourth-order valence-corrected chi connectivity index (χ4v) is 2.40. The Morgan fingerprint density at radius 2 is 2.31 bits per heavy atom. The average Bonchev–Trinajstić information content (AvgIpc) is 2.15. The van der Waals surface area contributed by atoms with Gasteiger partial charge in [-0.25, -0.2) is 0 Å². The molecule has 0 aromatic rings. The van der Waals surface area contributed by atoms with E-state index in [0.29, 0.717) is 17.1 Å². The van der Waals surface area contributed by atoms with Crippen molar-refractivity contribution in [1.29, 1.82) is 0 Å². The maximum Gasteiger partial charge on any atom is 0.155 e. The topological polar surface area (TPSA) is 17.1 Å². The van der Waals surface area contributed by atoms with Gasteiger partial charge in [0.05, 0.1) is 0 Å². The van der Waals surface area contributed by atoms with Crippen molar-refractivity contribution in [2.45, 2.75) is 32.6 Å². The van der Waals surface area contributed by atoms with Crippen LogP contribution in [0.15, 0.2) is 24.3 Å². The van der Waals surface area contributed by atoms with E-state index in [2.05, 4.69) is 25.2 Å². The number of hydrogen-bond donors (Lipinski definition) is 0. The third-order valence-electron chi connectivity index (χ3n) is 3.57. The lowest BCUT2D eigenvalue weighted by Gasteiger charge is -2.39. The molecule has 0 saturated heterocycles.